The summed E-state index contributed by atoms with van der Waals surface area (Å²) in [5.41, 5.74) is -0.150. The van der Waals surface area contributed by atoms with Gasteiger partial charge in [0.05, 0.1) is 6.54 Å². The first-order chi connectivity index (χ1) is 6.93. The first-order valence-electron chi connectivity index (χ1n) is 5.59. The molecule has 1 unspecified atom stereocenters. The molecule has 4 heteroatoms. The zero-order chi connectivity index (χ0) is 11.9. The van der Waals surface area contributed by atoms with Crippen LogP contribution in [-0.4, -0.2) is 35.7 Å². The SMILES string of the molecule is CCC(C)(CCO)NCC(=O)NC(C)C. The minimum Gasteiger partial charge on any atom is -0.396 e. The maximum absolute atomic E-state index is 11.4. The van der Waals surface area contributed by atoms with Crippen LogP contribution in [0.3, 0.4) is 0 Å². The second kappa shape index (κ2) is 6.80. The van der Waals surface area contributed by atoms with Gasteiger partial charge in [-0.05, 0) is 33.6 Å². The Labute approximate surface area is 92.4 Å². The molecule has 0 aromatic rings. The summed E-state index contributed by atoms with van der Waals surface area (Å²) < 4.78 is 0. The second-order valence-corrected chi connectivity index (χ2v) is 4.46. The van der Waals surface area contributed by atoms with E-state index < -0.39 is 0 Å². The molecule has 0 heterocycles. The number of rotatable bonds is 7. The van der Waals surface area contributed by atoms with Crippen LogP contribution in [0.25, 0.3) is 0 Å². The first kappa shape index (κ1) is 14.4. The predicted octanol–water partition coefficient (Wildman–Crippen LogP) is 0.652. The molecule has 0 aliphatic rings. The lowest BCUT2D eigenvalue weighted by Gasteiger charge is -2.29. The number of aliphatic hydroxyl groups is 1. The summed E-state index contributed by atoms with van der Waals surface area (Å²) in [7, 11) is 0. The molecule has 0 saturated heterocycles. The number of hydrogen-bond donors (Lipinski definition) is 3. The van der Waals surface area contributed by atoms with E-state index in [0.29, 0.717) is 13.0 Å². The van der Waals surface area contributed by atoms with Crippen LogP contribution < -0.4 is 10.6 Å². The first-order valence-corrected chi connectivity index (χ1v) is 5.59. The van der Waals surface area contributed by atoms with Crippen LogP contribution in [0, 0.1) is 0 Å². The molecule has 1 amide bonds. The number of carbonyl (C=O) groups is 1. The topological polar surface area (TPSA) is 61.4 Å². The fourth-order valence-corrected chi connectivity index (χ4v) is 1.30. The van der Waals surface area contributed by atoms with Crippen LogP contribution >= 0.6 is 0 Å². The van der Waals surface area contributed by atoms with E-state index in [1.807, 2.05) is 27.7 Å². The Bertz CT molecular complexity index is 195. The van der Waals surface area contributed by atoms with Gasteiger partial charge < -0.3 is 15.7 Å². The number of nitrogens with one attached hydrogen (secondary N) is 2. The van der Waals surface area contributed by atoms with Crippen molar-refractivity contribution in [1.82, 2.24) is 10.6 Å². The highest BCUT2D eigenvalue weighted by Crippen LogP contribution is 2.12. The highest BCUT2D eigenvalue weighted by atomic mass is 16.3. The maximum atomic E-state index is 11.4. The van der Waals surface area contributed by atoms with E-state index in [1.165, 1.54) is 0 Å². The molecule has 3 N–H and O–H groups in total. The third-order valence-electron chi connectivity index (χ3n) is 2.57. The maximum Gasteiger partial charge on any atom is 0.234 e. The molecule has 0 bridgehead atoms. The van der Waals surface area contributed by atoms with Crippen molar-refractivity contribution in [2.24, 2.45) is 0 Å². The number of carbonyl (C=O) groups excluding carboxylic acids is 1. The molecule has 0 rings (SSSR count). The minimum atomic E-state index is -0.150. The van der Waals surface area contributed by atoms with Gasteiger partial charge in [0, 0.05) is 18.2 Å². The Hall–Kier alpha value is -0.610. The number of amides is 1. The molecule has 0 aliphatic carbocycles. The average Bonchev–Trinajstić information content (AvgIpc) is 2.14. The van der Waals surface area contributed by atoms with Crippen molar-refractivity contribution < 1.29 is 9.90 Å². The zero-order valence-electron chi connectivity index (χ0n) is 10.3. The summed E-state index contributed by atoms with van der Waals surface area (Å²) in [5, 5.41) is 14.9. The van der Waals surface area contributed by atoms with Crippen molar-refractivity contribution in [2.45, 2.75) is 52.1 Å². The van der Waals surface area contributed by atoms with E-state index in [4.69, 9.17) is 5.11 Å². The van der Waals surface area contributed by atoms with Gasteiger partial charge in [0.25, 0.3) is 0 Å². The molecule has 15 heavy (non-hydrogen) atoms. The average molecular weight is 216 g/mol. The van der Waals surface area contributed by atoms with Gasteiger partial charge in [0.1, 0.15) is 0 Å². The van der Waals surface area contributed by atoms with Crippen LogP contribution in [0.15, 0.2) is 0 Å². The molecule has 0 fully saturated rings. The molecular formula is C11H24N2O2. The Balaban J connectivity index is 3.94. The molecule has 1 atom stereocenters. The molecule has 4 nitrogen and oxygen atoms in total. The summed E-state index contributed by atoms with van der Waals surface area (Å²) >= 11 is 0. The summed E-state index contributed by atoms with van der Waals surface area (Å²) in [6.45, 7) is 8.38. The van der Waals surface area contributed by atoms with Gasteiger partial charge >= 0.3 is 0 Å². The van der Waals surface area contributed by atoms with Gasteiger partial charge in [-0.2, -0.15) is 0 Å². The normalized spacial score (nSPS) is 15.1. The lowest BCUT2D eigenvalue weighted by Crippen LogP contribution is -2.48. The Morgan fingerprint density at radius 2 is 2.07 bits per heavy atom. The quantitative estimate of drug-likeness (QED) is 0.585. The second-order valence-electron chi connectivity index (χ2n) is 4.46. The number of aliphatic hydroxyl groups excluding tert-OH is 1. The van der Waals surface area contributed by atoms with Gasteiger partial charge in [-0.15, -0.1) is 0 Å². The minimum absolute atomic E-state index is 0.00242. The van der Waals surface area contributed by atoms with E-state index >= 15 is 0 Å². The number of hydrogen-bond acceptors (Lipinski definition) is 3. The van der Waals surface area contributed by atoms with Crippen molar-refractivity contribution >= 4 is 5.91 Å². The van der Waals surface area contributed by atoms with Crippen LogP contribution in [-0.2, 0) is 4.79 Å². The Kier molecular flexibility index (Phi) is 6.52. The fraction of sp³-hybridized carbons (Fsp3) is 0.909. The van der Waals surface area contributed by atoms with E-state index in [0.717, 1.165) is 6.42 Å². The Morgan fingerprint density at radius 1 is 1.47 bits per heavy atom. The Morgan fingerprint density at radius 3 is 2.47 bits per heavy atom. The zero-order valence-corrected chi connectivity index (χ0v) is 10.3. The predicted molar refractivity (Wildman–Crippen MR) is 61.7 cm³/mol. The van der Waals surface area contributed by atoms with Crippen LogP contribution in [0.2, 0.25) is 0 Å². The van der Waals surface area contributed by atoms with Gasteiger partial charge in [0.2, 0.25) is 5.91 Å². The summed E-state index contributed by atoms with van der Waals surface area (Å²) in [4.78, 5) is 11.4. The van der Waals surface area contributed by atoms with Crippen molar-refractivity contribution in [3.63, 3.8) is 0 Å². The van der Waals surface area contributed by atoms with Crippen molar-refractivity contribution in [3.8, 4) is 0 Å². The lowest BCUT2D eigenvalue weighted by atomic mass is 9.95. The van der Waals surface area contributed by atoms with Crippen LogP contribution in [0.1, 0.15) is 40.5 Å². The lowest BCUT2D eigenvalue weighted by molar-refractivity contribution is -0.121. The molecule has 0 saturated carbocycles. The smallest absolute Gasteiger partial charge is 0.234 e. The van der Waals surface area contributed by atoms with Crippen molar-refractivity contribution in [1.29, 1.82) is 0 Å². The van der Waals surface area contributed by atoms with Gasteiger partial charge in [-0.25, -0.2) is 0 Å². The standard InChI is InChI=1S/C11H24N2O2/c1-5-11(4,6-7-14)12-8-10(15)13-9(2)3/h9,12,14H,5-8H2,1-4H3,(H,13,15). The van der Waals surface area contributed by atoms with Crippen LogP contribution in [0.5, 0.6) is 0 Å². The van der Waals surface area contributed by atoms with Gasteiger partial charge in [0.15, 0.2) is 0 Å². The van der Waals surface area contributed by atoms with Crippen LogP contribution in [0.4, 0.5) is 0 Å². The highest BCUT2D eigenvalue weighted by molar-refractivity contribution is 5.78. The van der Waals surface area contributed by atoms with E-state index in [1.54, 1.807) is 0 Å². The highest BCUT2D eigenvalue weighted by Gasteiger charge is 2.21. The molecule has 0 aromatic heterocycles. The third kappa shape index (κ3) is 6.47. The van der Waals surface area contributed by atoms with E-state index in [2.05, 4.69) is 10.6 Å². The summed E-state index contributed by atoms with van der Waals surface area (Å²) in [5.74, 6) is 0.00242. The largest absolute Gasteiger partial charge is 0.396 e. The third-order valence-corrected chi connectivity index (χ3v) is 2.57. The fourth-order valence-electron chi connectivity index (χ4n) is 1.30. The molecule has 0 aromatic carbocycles. The summed E-state index contributed by atoms with van der Waals surface area (Å²) in [6.07, 6.45) is 1.56. The van der Waals surface area contributed by atoms with Gasteiger partial charge in [-0.1, -0.05) is 6.92 Å². The molecule has 0 aliphatic heterocycles. The molecule has 0 spiro atoms. The van der Waals surface area contributed by atoms with Crippen molar-refractivity contribution in [2.75, 3.05) is 13.2 Å². The van der Waals surface area contributed by atoms with Gasteiger partial charge in [-0.3, -0.25) is 4.79 Å². The van der Waals surface area contributed by atoms with E-state index in [-0.39, 0.29) is 24.1 Å². The molecular weight excluding hydrogens is 192 g/mol. The van der Waals surface area contributed by atoms with E-state index in [9.17, 15) is 4.79 Å². The monoisotopic (exact) mass is 216 g/mol. The van der Waals surface area contributed by atoms with Crippen molar-refractivity contribution in [3.05, 3.63) is 0 Å². The molecule has 90 valence electrons. The molecule has 0 radical (unpaired) electrons. The summed E-state index contributed by atoms with van der Waals surface area (Å²) in [6, 6.07) is 0.171.